The van der Waals surface area contributed by atoms with E-state index in [2.05, 4.69) is 41.2 Å². The molecule has 3 aliphatic rings. The van der Waals surface area contributed by atoms with Gasteiger partial charge >= 0.3 is 6.03 Å². The van der Waals surface area contributed by atoms with Crippen molar-refractivity contribution in [1.82, 2.24) is 39.7 Å². The van der Waals surface area contributed by atoms with Crippen LogP contribution in [-0.4, -0.2) is 105 Å². The van der Waals surface area contributed by atoms with E-state index in [1.807, 2.05) is 30.0 Å². The fourth-order valence-corrected chi connectivity index (χ4v) is 8.89. The van der Waals surface area contributed by atoms with Crippen LogP contribution in [0.2, 0.25) is 10.2 Å². The van der Waals surface area contributed by atoms with Gasteiger partial charge in [-0.15, -0.1) is 0 Å². The Morgan fingerprint density at radius 2 is 1.71 bits per heavy atom. The lowest BCUT2D eigenvalue weighted by molar-refractivity contribution is -0.137. The maximum Gasteiger partial charge on any atom is 0.323 e. The van der Waals surface area contributed by atoms with Crippen molar-refractivity contribution in [2.24, 2.45) is 5.92 Å². The maximum atomic E-state index is 13.7. The first-order valence-corrected chi connectivity index (χ1v) is 21.4. The fraction of sp³-hybridized carbons (Fsp3) is 0.429. The summed E-state index contributed by atoms with van der Waals surface area (Å²) in [6, 6.07) is 9.52. The molecule has 5 aromatic rings. The van der Waals surface area contributed by atoms with Gasteiger partial charge in [0.1, 0.15) is 18.3 Å². The van der Waals surface area contributed by atoms with Gasteiger partial charge in [0, 0.05) is 93.1 Å². The monoisotopic (exact) mass is 887 g/mol. The summed E-state index contributed by atoms with van der Waals surface area (Å²) in [5.74, 6) is -0.448. The number of nitrogens with one attached hydrogen (secondary N) is 4. The zero-order chi connectivity index (χ0) is 43.5. The van der Waals surface area contributed by atoms with Gasteiger partial charge in [-0.3, -0.25) is 24.5 Å². The molecule has 4 aromatic heterocycles. The topological polar surface area (TPSA) is 206 Å². The molecule has 8 rings (SSSR count). The number of carbonyl (C=O) groups excluding carboxylic acids is 4. The first-order valence-electron chi connectivity index (χ1n) is 20.7. The third-order valence-electron chi connectivity index (χ3n) is 11.8. The van der Waals surface area contributed by atoms with Gasteiger partial charge in [0.05, 0.1) is 28.7 Å². The SMILES string of the molecule is CO[C@@H](C)c1c(NC(=O)Nc2cc(Cl)cnc2OCCNC2CCC(C(=O)N3CCN(c4cccc5c(=O)n(C6CCC(=O)NC6=O)ccc45)CC3)CC2)cnc2cc(Cl)nn12. The molecule has 2 saturated heterocycles. The summed E-state index contributed by atoms with van der Waals surface area (Å²) in [6.45, 7) is 5.04. The first kappa shape index (κ1) is 42.9. The predicted molar refractivity (Wildman–Crippen MR) is 233 cm³/mol. The fourth-order valence-electron chi connectivity index (χ4n) is 8.56. The number of carbonyl (C=O) groups is 4. The number of aromatic nitrogens is 5. The van der Waals surface area contributed by atoms with Crippen molar-refractivity contribution in [1.29, 1.82) is 0 Å². The summed E-state index contributed by atoms with van der Waals surface area (Å²) in [7, 11) is 1.55. The smallest absolute Gasteiger partial charge is 0.323 e. The number of rotatable bonds is 12. The second-order valence-electron chi connectivity index (χ2n) is 15.7. The van der Waals surface area contributed by atoms with E-state index in [1.54, 1.807) is 31.5 Å². The van der Waals surface area contributed by atoms with Crippen molar-refractivity contribution in [3.63, 3.8) is 0 Å². The molecule has 0 radical (unpaired) electrons. The van der Waals surface area contributed by atoms with Crippen molar-refractivity contribution in [2.45, 2.75) is 63.6 Å². The van der Waals surface area contributed by atoms with Crippen molar-refractivity contribution in [3.05, 3.63) is 81.2 Å². The number of piperazine rings is 1. The number of ether oxygens (including phenoxy) is 2. The third kappa shape index (κ3) is 9.18. The Labute approximate surface area is 366 Å². The number of piperidine rings is 1. The zero-order valence-corrected chi connectivity index (χ0v) is 35.7. The predicted octanol–water partition coefficient (Wildman–Crippen LogP) is 4.95. The highest BCUT2D eigenvalue weighted by atomic mass is 35.5. The van der Waals surface area contributed by atoms with Crippen LogP contribution in [0, 0.1) is 5.92 Å². The number of methoxy groups -OCH3 is 1. The van der Waals surface area contributed by atoms with Gasteiger partial charge in [0.25, 0.3) is 5.56 Å². The molecule has 20 heteroatoms. The number of imide groups is 1. The number of hydrogen-bond acceptors (Lipinski definition) is 12. The standard InChI is InChI=1S/C42H47Cl2N11O7/c1-24(61-2)37-31(23-46-35-21-34(44)51-55(35)37)49-42(60)48-30-20-26(43)22-47-39(30)62-19-13-45-27-8-6-25(7-9-27)40(58)53-17-15-52(16-18-53)32-5-3-4-29-28(32)12-14-54(41(29)59)33-10-11-36(56)50-38(33)57/h3-5,12,14,20-25,27,33,45H,6-11,13,15-19H2,1-2H3,(H2,48,49,60)(H,50,56,57)/t24-,25?,27?,33?/m0/s1. The number of fused-ring (bicyclic) bond motifs is 2. The molecule has 1 saturated carbocycles. The molecule has 3 fully saturated rings. The minimum atomic E-state index is -0.725. The lowest BCUT2D eigenvalue weighted by Gasteiger charge is -2.39. The van der Waals surface area contributed by atoms with Crippen molar-refractivity contribution in [2.75, 3.05) is 62.0 Å². The Balaban J connectivity index is 0.791. The molecule has 18 nitrogen and oxygen atoms in total. The van der Waals surface area contributed by atoms with E-state index in [0.29, 0.717) is 60.2 Å². The number of benzene rings is 1. The highest BCUT2D eigenvalue weighted by Gasteiger charge is 2.32. The van der Waals surface area contributed by atoms with Crippen molar-refractivity contribution < 1.29 is 28.7 Å². The van der Waals surface area contributed by atoms with E-state index in [4.69, 9.17) is 32.7 Å². The molecule has 4 N–H and O–H groups in total. The van der Waals surface area contributed by atoms with Gasteiger partial charge in [0.2, 0.25) is 23.6 Å². The number of hydrogen-bond donors (Lipinski definition) is 4. The lowest BCUT2D eigenvalue weighted by Crippen LogP contribution is -2.51. The molecule has 0 bridgehead atoms. The van der Waals surface area contributed by atoms with Crippen LogP contribution in [0.25, 0.3) is 16.4 Å². The minimum Gasteiger partial charge on any atom is -0.475 e. The van der Waals surface area contributed by atoms with Crippen LogP contribution in [0.4, 0.5) is 21.9 Å². The number of halogens is 2. The second kappa shape index (κ2) is 18.7. The molecular formula is C42H47Cl2N11O7. The molecule has 5 amide bonds. The number of nitrogens with zero attached hydrogens (tertiary/aromatic N) is 7. The first-order chi connectivity index (χ1) is 30.0. The zero-order valence-electron chi connectivity index (χ0n) is 34.2. The van der Waals surface area contributed by atoms with E-state index < -0.39 is 24.1 Å². The highest BCUT2D eigenvalue weighted by molar-refractivity contribution is 6.31. The van der Waals surface area contributed by atoms with Crippen molar-refractivity contribution >= 4 is 80.4 Å². The molecule has 6 heterocycles. The van der Waals surface area contributed by atoms with Gasteiger partial charge in [-0.05, 0) is 63.3 Å². The largest absolute Gasteiger partial charge is 0.475 e. The van der Waals surface area contributed by atoms with Gasteiger partial charge in [-0.25, -0.2) is 19.3 Å². The number of anilines is 3. The summed E-state index contributed by atoms with van der Waals surface area (Å²) >= 11 is 12.4. The quantitative estimate of drug-likeness (QED) is 0.0971. The van der Waals surface area contributed by atoms with Crippen LogP contribution < -0.4 is 36.5 Å². The summed E-state index contributed by atoms with van der Waals surface area (Å²) in [5, 5.41) is 17.6. The van der Waals surface area contributed by atoms with E-state index in [1.165, 1.54) is 21.5 Å². The molecule has 1 aliphatic carbocycles. The van der Waals surface area contributed by atoms with E-state index in [9.17, 15) is 24.0 Å². The maximum absolute atomic E-state index is 13.7. The number of amides is 5. The van der Waals surface area contributed by atoms with Crippen LogP contribution in [0.3, 0.4) is 0 Å². The third-order valence-corrected chi connectivity index (χ3v) is 12.2. The Bertz CT molecular complexity index is 2570. The Kier molecular flexibility index (Phi) is 12.9. The van der Waals surface area contributed by atoms with Crippen LogP contribution in [0.15, 0.2) is 59.8 Å². The normalized spacial score (nSPS) is 20.0. The molecule has 62 heavy (non-hydrogen) atoms. The minimum absolute atomic E-state index is 0.0407. The van der Waals surface area contributed by atoms with E-state index >= 15 is 0 Å². The average Bonchev–Trinajstić information content (AvgIpc) is 3.66. The second-order valence-corrected chi connectivity index (χ2v) is 16.5. The highest BCUT2D eigenvalue weighted by Crippen LogP contribution is 2.31. The van der Waals surface area contributed by atoms with Crippen LogP contribution in [0.5, 0.6) is 5.88 Å². The number of pyridine rings is 2. The molecule has 1 unspecified atom stereocenters. The van der Waals surface area contributed by atoms with Gasteiger partial charge in [-0.2, -0.15) is 5.10 Å². The van der Waals surface area contributed by atoms with E-state index in [0.717, 1.165) is 36.8 Å². The molecule has 0 spiro atoms. The summed E-state index contributed by atoms with van der Waals surface area (Å²) < 4.78 is 14.4. The van der Waals surface area contributed by atoms with Crippen LogP contribution in [-0.2, 0) is 19.1 Å². The Morgan fingerprint density at radius 1 is 0.935 bits per heavy atom. The van der Waals surface area contributed by atoms with Gasteiger partial charge in [-0.1, -0.05) is 29.3 Å². The number of urea groups is 1. The summed E-state index contributed by atoms with van der Waals surface area (Å²) in [6.07, 6.45) is 7.87. The summed E-state index contributed by atoms with van der Waals surface area (Å²) in [4.78, 5) is 77.3. The Hall–Kier alpha value is -5.82. The molecular weight excluding hydrogens is 841 g/mol. The lowest BCUT2D eigenvalue weighted by atomic mass is 9.85. The summed E-state index contributed by atoms with van der Waals surface area (Å²) in [5.41, 5.74) is 2.34. The van der Waals surface area contributed by atoms with E-state index in [-0.39, 0.29) is 65.5 Å². The Morgan fingerprint density at radius 3 is 2.47 bits per heavy atom. The van der Waals surface area contributed by atoms with Crippen LogP contribution in [0.1, 0.15) is 63.3 Å². The van der Waals surface area contributed by atoms with Crippen LogP contribution >= 0.6 is 23.2 Å². The molecule has 2 aliphatic heterocycles. The van der Waals surface area contributed by atoms with Gasteiger partial charge in [0.15, 0.2) is 10.8 Å². The molecule has 2 atom stereocenters. The average molecular weight is 889 g/mol. The van der Waals surface area contributed by atoms with Crippen molar-refractivity contribution in [3.8, 4) is 5.88 Å². The molecule has 326 valence electrons. The molecule has 1 aromatic carbocycles. The van der Waals surface area contributed by atoms with Gasteiger partial charge < -0.3 is 39.8 Å².